The number of likely N-dealkylation sites (tertiary alicyclic amines) is 1. The molecule has 2 saturated heterocycles. The van der Waals surface area contributed by atoms with Gasteiger partial charge in [-0.05, 0) is 50.9 Å². The number of ether oxygens (including phenoxy) is 1. The quantitative estimate of drug-likeness (QED) is 0.857. The Morgan fingerprint density at radius 3 is 2.65 bits per heavy atom. The number of esters is 1. The molecule has 1 aromatic rings. The van der Waals surface area contributed by atoms with E-state index in [4.69, 9.17) is 4.74 Å². The topological polar surface area (TPSA) is 41.6 Å². The van der Waals surface area contributed by atoms with E-state index in [0.717, 1.165) is 44.6 Å². The average Bonchev–Trinajstić information content (AvgIpc) is 2.61. The lowest BCUT2D eigenvalue weighted by Crippen LogP contribution is -2.48. The van der Waals surface area contributed by atoms with Gasteiger partial charge < -0.3 is 10.1 Å². The van der Waals surface area contributed by atoms with Gasteiger partial charge in [0.05, 0.1) is 5.92 Å². The smallest absolute Gasteiger partial charge is 0.310 e. The number of nitrogens with one attached hydrogen (secondary N) is 1. The molecule has 0 spiro atoms. The molecular weight excluding hydrogens is 312 g/mol. The van der Waals surface area contributed by atoms with E-state index in [9.17, 15) is 4.79 Å². The van der Waals surface area contributed by atoms with Crippen LogP contribution < -0.4 is 5.32 Å². The molecule has 1 N–H and O–H groups in total. The summed E-state index contributed by atoms with van der Waals surface area (Å²) in [6.07, 6.45) is 4.47. The summed E-state index contributed by atoms with van der Waals surface area (Å²) in [6.45, 7) is 4.60. The van der Waals surface area contributed by atoms with Gasteiger partial charge in [-0.2, -0.15) is 0 Å². The maximum absolute atomic E-state index is 12.3. The van der Waals surface area contributed by atoms with Crippen LogP contribution in [-0.2, 0) is 16.1 Å². The first-order valence-corrected chi connectivity index (χ1v) is 8.48. The second-order valence-corrected chi connectivity index (χ2v) is 6.41. The highest BCUT2D eigenvalue weighted by atomic mass is 35.5. The van der Waals surface area contributed by atoms with Crippen molar-refractivity contribution in [2.24, 2.45) is 5.92 Å². The van der Waals surface area contributed by atoms with Crippen LogP contribution in [0, 0.1) is 5.92 Å². The summed E-state index contributed by atoms with van der Waals surface area (Å²) >= 11 is 0. The minimum absolute atomic E-state index is 0. The van der Waals surface area contributed by atoms with Gasteiger partial charge in [-0.25, -0.2) is 0 Å². The zero-order valence-corrected chi connectivity index (χ0v) is 14.4. The van der Waals surface area contributed by atoms with E-state index in [-0.39, 0.29) is 24.3 Å². The predicted octanol–water partition coefficient (Wildman–Crippen LogP) is 2.62. The van der Waals surface area contributed by atoms with E-state index in [1.807, 2.05) is 30.3 Å². The largest absolute Gasteiger partial charge is 0.461 e. The fourth-order valence-electron chi connectivity index (χ4n) is 3.55. The summed E-state index contributed by atoms with van der Waals surface area (Å²) in [5.74, 6) is 0.0230. The summed E-state index contributed by atoms with van der Waals surface area (Å²) < 4.78 is 5.53. The molecular formula is C18H27ClN2O2. The summed E-state index contributed by atoms with van der Waals surface area (Å²) in [5, 5.41) is 3.41. The molecule has 0 aromatic heterocycles. The van der Waals surface area contributed by atoms with Gasteiger partial charge in [0, 0.05) is 12.6 Å². The van der Waals surface area contributed by atoms with Crippen LogP contribution in [0.15, 0.2) is 30.3 Å². The van der Waals surface area contributed by atoms with Gasteiger partial charge in [-0.1, -0.05) is 30.3 Å². The van der Waals surface area contributed by atoms with Crippen LogP contribution in [0.5, 0.6) is 0 Å². The van der Waals surface area contributed by atoms with Gasteiger partial charge in [-0.15, -0.1) is 12.4 Å². The first kappa shape index (κ1) is 18.2. The summed E-state index contributed by atoms with van der Waals surface area (Å²) in [7, 11) is 0. The van der Waals surface area contributed by atoms with Gasteiger partial charge >= 0.3 is 5.97 Å². The molecule has 0 saturated carbocycles. The van der Waals surface area contributed by atoms with E-state index in [0.29, 0.717) is 12.6 Å². The van der Waals surface area contributed by atoms with E-state index >= 15 is 0 Å². The fourth-order valence-corrected chi connectivity index (χ4v) is 3.55. The Kier molecular flexibility index (Phi) is 7.34. The normalized spacial score (nSPS) is 23.0. The maximum atomic E-state index is 12.3. The lowest BCUT2D eigenvalue weighted by Gasteiger charge is -2.39. The Morgan fingerprint density at radius 2 is 1.91 bits per heavy atom. The van der Waals surface area contributed by atoms with E-state index in [1.54, 1.807) is 0 Å². The first-order valence-electron chi connectivity index (χ1n) is 8.48. The van der Waals surface area contributed by atoms with Crippen LogP contribution in [-0.4, -0.2) is 43.1 Å². The van der Waals surface area contributed by atoms with Gasteiger partial charge in [0.1, 0.15) is 6.61 Å². The Bertz CT molecular complexity index is 477. The van der Waals surface area contributed by atoms with Crippen LogP contribution in [0.25, 0.3) is 0 Å². The molecule has 0 amide bonds. The highest BCUT2D eigenvalue weighted by Crippen LogP contribution is 2.23. The number of carbonyl (C=O) groups is 1. The molecule has 2 aliphatic rings. The molecule has 3 rings (SSSR count). The third-order valence-corrected chi connectivity index (χ3v) is 4.84. The number of piperidine rings is 2. The van der Waals surface area contributed by atoms with Gasteiger partial charge in [0.15, 0.2) is 0 Å². The molecule has 5 heteroatoms. The molecule has 2 heterocycles. The molecule has 1 aromatic carbocycles. The maximum Gasteiger partial charge on any atom is 0.310 e. The van der Waals surface area contributed by atoms with Crippen LogP contribution in [0.3, 0.4) is 0 Å². The predicted molar refractivity (Wildman–Crippen MR) is 93.7 cm³/mol. The molecule has 0 bridgehead atoms. The van der Waals surface area contributed by atoms with Crippen molar-refractivity contribution in [3.8, 4) is 0 Å². The van der Waals surface area contributed by atoms with Crippen LogP contribution in [0.4, 0.5) is 0 Å². The number of carbonyl (C=O) groups excluding carboxylic acids is 1. The molecule has 1 unspecified atom stereocenters. The zero-order valence-electron chi connectivity index (χ0n) is 13.6. The number of hydrogen-bond acceptors (Lipinski definition) is 4. The van der Waals surface area contributed by atoms with E-state index in [2.05, 4.69) is 10.2 Å². The molecule has 2 aliphatic heterocycles. The minimum atomic E-state index is -0.0255. The van der Waals surface area contributed by atoms with Crippen LogP contribution in [0.1, 0.15) is 31.2 Å². The SMILES string of the molecule is Cl.O=C(OCc1ccccc1)C1CCCN(C2CCNCC2)C1. The second-order valence-electron chi connectivity index (χ2n) is 6.41. The van der Waals surface area contributed by atoms with Crippen molar-refractivity contribution < 1.29 is 9.53 Å². The number of hydrogen-bond donors (Lipinski definition) is 1. The lowest BCUT2D eigenvalue weighted by molar-refractivity contribution is -0.152. The Balaban J connectivity index is 0.00000192. The van der Waals surface area contributed by atoms with E-state index in [1.165, 1.54) is 12.8 Å². The Morgan fingerprint density at radius 1 is 1.17 bits per heavy atom. The Hall–Kier alpha value is -1.10. The zero-order chi connectivity index (χ0) is 15.2. The van der Waals surface area contributed by atoms with Crippen molar-refractivity contribution in [1.29, 1.82) is 0 Å². The molecule has 0 aliphatic carbocycles. The summed E-state index contributed by atoms with van der Waals surface area (Å²) in [4.78, 5) is 14.9. The number of nitrogens with zero attached hydrogens (tertiary/aromatic N) is 1. The lowest BCUT2D eigenvalue weighted by atomic mass is 9.94. The van der Waals surface area contributed by atoms with Gasteiger partial charge in [0.25, 0.3) is 0 Å². The average molecular weight is 339 g/mol. The fraction of sp³-hybridized carbons (Fsp3) is 0.611. The Labute approximate surface area is 145 Å². The van der Waals surface area contributed by atoms with Crippen molar-refractivity contribution >= 4 is 18.4 Å². The monoisotopic (exact) mass is 338 g/mol. The van der Waals surface area contributed by atoms with Gasteiger partial charge in [-0.3, -0.25) is 9.69 Å². The molecule has 128 valence electrons. The van der Waals surface area contributed by atoms with Crippen molar-refractivity contribution in [2.75, 3.05) is 26.2 Å². The molecule has 2 fully saturated rings. The molecule has 0 radical (unpaired) electrons. The minimum Gasteiger partial charge on any atom is -0.461 e. The first-order chi connectivity index (χ1) is 10.8. The number of benzene rings is 1. The van der Waals surface area contributed by atoms with Gasteiger partial charge in [0.2, 0.25) is 0 Å². The summed E-state index contributed by atoms with van der Waals surface area (Å²) in [6, 6.07) is 10.6. The van der Waals surface area contributed by atoms with Crippen LogP contribution in [0.2, 0.25) is 0 Å². The van der Waals surface area contributed by atoms with Crippen molar-refractivity contribution in [1.82, 2.24) is 10.2 Å². The van der Waals surface area contributed by atoms with Crippen molar-refractivity contribution in [2.45, 2.75) is 38.3 Å². The number of halogens is 1. The molecule has 23 heavy (non-hydrogen) atoms. The third-order valence-electron chi connectivity index (χ3n) is 4.84. The number of rotatable bonds is 4. The van der Waals surface area contributed by atoms with E-state index < -0.39 is 0 Å². The molecule has 1 atom stereocenters. The van der Waals surface area contributed by atoms with Crippen LogP contribution >= 0.6 is 12.4 Å². The third kappa shape index (κ3) is 5.20. The van der Waals surface area contributed by atoms with Crippen molar-refractivity contribution in [3.63, 3.8) is 0 Å². The molecule has 4 nitrogen and oxygen atoms in total. The summed E-state index contributed by atoms with van der Waals surface area (Å²) in [5.41, 5.74) is 1.06. The highest BCUT2D eigenvalue weighted by molar-refractivity contribution is 5.85. The second kappa shape index (κ2) is 9.26. The highest BCUT2D eigenvalue weighted by Gasteiger charge is 2.31. The standard InChI is InChI=1S/C18H26N2O2.ClH/c21-18(22-14-15-5-2-1-3-6-15)16-7-4-12-20(13-16)17-8-10-19-11-9-17;/h1-3,5-6,16-17,19H,4,7-14H2;1H. The van der Waals surface area contributed by atoms with Crippen molar-refractivity contribution in [3.05, 3.63) is 35.9 Å².